The summed E-state index contributed by atoms with van der Waals surface area (Å²) in [5.74, 6) is -2.36. The number of likely N-dealkylation sites (N-methyl/N-ethyl adjacent to an activating group) is 1. The summed E-state index contributed by atoms with van der Waals surface area (Å²) in [4.78, 5) is 22.5. The number of hydrogen-bond donors (Lipinski definition) is 2. The van der Waals surface area contributed by atoms with E-state index in [1.165, 1.54) is 25.2 Å². The van der Waals surface area contributed by atoms with Crippen molar-refractivity contribution in [2.45, 2.75) is 6.54 Å². The molecule has 0 fully saturated rings. The molecule has 1 heterocycles. The molecule has 0 saturated carbocycles. The van der Waals surface area contributed by atoms with E-state index in [2.05, 4.69) is 15.6 Å². The van der Waals surface area contributed by atoms with Crippen LogP contribution in [-0.2, 0) is 11.3 Å². The molecular weight excluding hydrogens is 267 g/mol. The number of nitrogens with one attached hydrogen (secondary N) is 1. The Morgan fingerprint density at radius 3 is 2.70 bits per heavy atom. The number of hydrogen-bond acceptors (Lipinski definition) is 4. The van der Waals surface area contributed by atoms with Gasteiger partial charge in [0.15, 0.2) is 5.69 Å². The van der Waals surface area contributed by atoms with Gasteiger partial charge in [-0.15, -0.1) is 5.10 Å². The van der Waals surface area contributed by atoms with E-state index in [9.17, 15) is 14.0 Å². The molecule has 0 radical (unpaired) electrons. The maximum absolute atomic E-state index is 13.8. The van der Waals surface area contributed by atoms with E-state index < -0.39 is 23.4 Å². The molecule has 1 aromatic carbocycles. The number of carboxylic acids is 1. The fourth-order valence-corrected chi connectivity index (χ4v) is 1.70. The minimum absolute atomic E-state index is 0.0267. The van der Waals surface area contributed by atoms with E-state index in [0.29, 0.717) is 0 Å². The third-order valence-corrected chi connectivity index (χ3v) is 2.64. The summed E-state index contributed by atoms with van der Waals surface area (Å²) in [7, 11) is 1.43. The molecule has 2 rings (SSSR count). The summed E-state index contributed by atoms with van der Waals surface area (Å²) in [5.41, 5.74) is -0.419. The van der Waals surface area contributed by atoms with Crippen molar-refractivity contribution < 1.29 is 19.1 Å². The third kappa shape index (κ3) is 2.48. The molecule has 2 N–H and O–H groups in total. The number of benzene rings is 1. The van der Waals surface area contributed by atoms with Crippen LogP contribution in [0.5, 0.6) is 0 Å². The standard InChI is InChI=1S/C12H11FN4O3/c1-14-9(18)6-17-11(10(12(19)20)15-16-17)7-4-2-3-5-8(7)13/h2-5H,6H2,1H3,(H,14,18)(H,19,20). The quantitative estimate of drug-likeness (QED) is 0.850. The minimum Gasteiger partial charge on any atom is -0.476 e. The fraction of sp³-hybridized carbons (Fsp3) is 0.167. The van der Waals surface area contributed by atoms with Crippen LogP contribution in [0.3, 0.4) is 0 Å². The maximum atomic E-state index is 13.8. The first-order chi connectivity index (χ1) is 9.54. The highest BCUT2D eigenvalue weighted by molar-refractivity contribution is 5.93. The van der Waals surface area contributed by atoms with Crippen LogP contribution in [-0.4, -0.2) is 39.0 Å². The zero-order valence-corrected chi connectivity index (χ0v) is 10.5. The molecule has 0 aliphatic rings. The number of aromatic carboxylic acids is 1. The van der Waals surface area contributed by atoms with E-state index in [-0.39, 0.29) is 17.8 Å². The molecule has 0 bridgehead atoms. The molecular formula is C12H11FN4O3. The lowest BCUT2D eigenvalue weighted by Gasteiger charge is -2.07. The van der Waals surface area contributed by atoms with Crippen LogP contribution in [0.15, 0.2) is 24.3 Å². The molecule has 0 atom stereocenters. The van der Waals surface area contributed by atoms with Crippen LogP contribution in [0.25, 0.3) is 11.3 Å². The number of carbonyl (C=O) groups excluding carboxylic acids is 1. The molecule has 0 saturated heterocycles. The largest absolute Gasteiger partial charge is 0.476 e. The monoisotopic (exact) mass is 278 g/mol. The van der Waals surface area contributed by atoms with E-state index in [4.69, 9.17) is 5.11 Å². The van der Waals surface area contributed by atoms with Gasteiger partial charge in [0.1, 0.15) is 18.1 Å². The van der Waals surface area contributed by atoms with Gasteiger partial charge < -0.3 is 10.4 Å². The van der Waals surface area contributed by atoms with Crippen molar-refractivity contribution in [3.8, 4) is 11.3 Å². The predicted molar refractivity (Wildman–Crippen MR) is 66.4 cm³/mol. The highest BCUT2D eigenvalue weighted by Crippen LogP contribution is 2.25. The van der Waals surface area contributed by atoms with Gasteiger partial charge in [0.05, 0.1) is 0 Å². The van der Waals surface area contributed by atoms with Crippen molar-refractivity contribution >= 4 is 11.9 Å². The van der Waals surface area contributed by atoms with Gasteiger partial charge in [-0.1, -0.05) is 17.3 Å². The number of halogens is 1. The van der Waals surface area contributed by atoms with Gasteiger partial charge in [0.2, 0.25) is 5.91 Å². The summed E-state index contributed by atoms with van der Waals surface area (Å²) in [6.45, 7) is -0.250. The average Bonchev–Trinajstić information content (AvgIpc) is 2.83. The zero-order valence-electron chi connectivity index (χ0n) is 10.5. The molecule has 20 heavy (non-hydrogen) atoms. The molecule has 1 aromatic heterocycles. The van der Waals surface area contributed by atoms with Crippen molar-refractivity contribution in [2.24, 2.45) is 0 Å². The van der Waals surface area contributed by atoms with Crippen LogP contribution in [0.2, 0.25) is 0 Å². The molecule has 2 aromatic rings. The second-order valence-corrected chi connectivity index (χ2v) is 3.90. The van der Waals surface area contributed by atoms with Crippen molar-refractivity contribution in [1.82, 2.24) is 20.3 Å². The van der Waals surface area contributed by atoms with E-state index >= 15 is 0 Å². The Balaban J connectivity index is 2.59. The molecule has 7 nitrogen and oxygen atoms in total. The van der Waals surface area contributed by atoms with E-state index in [1.807, 2.05) is 0 Å². The first-order valence-electron chi connectivity index (χ1n) is 5.67. The Bertz CT molecular complexity index is 668. The summed E-state index contributed by atoms with van der Waals surface area (Å²) < 4.78 is 14.9. The molecule has 104 valence electrons. The van der Waals surface area contributed by atoms with E-state index in [0.717, 1.165) is 4.68 Å². The van der Waals surface area contributed by atoms with Gasteiger partial charge in [0, 0.05) is 12.6 Å². The second kappa shape index (κ2) is 5.47. The topological polar surface area (TPSA) is 97.1 Å². The lowest BCUT2D eigenvalue weighted by molar-refractivity contribution is -0.121. The first kappa shape index (κ1) is 13.7. The number of carbonyl (C=O) groups is 2. The Morgan fingerprint density at radius 2 is 2.10 bits per heavy atom. The fourth-order valence-electron chi connectivity index (χ4n) is 1.70. The lowest BCUT2D eigenvalue weighted by atomic mass is 10.1. The number of aromatic nitrogens is 3. The van der Waals surface area contributed by atoms with Gasteiger partial charge in [-0.3, -0.25) is 4.79 Å². The Kier molecular flexibility index (Phi) is 3.74. The smallest absolute Gasteiger partial charge is 0.358 e. The average molecular weight is 278 g/mol. The number of carboxylic acid groups (broad SMARTS) is 1. The third-order valence-electron chi connectivity index (χ3n) is 2.64. The highest BCUT2D eigenvalue weighted by Gasteiger charge is 2.23. The number of amides is 1. The predicted octanol–water partition coefficient (Wildman–Crippen LogP) is 0.528. The van der Waals surface area contributed by atoms with Crippen LogP contribution < -0.4 is 5.32 Å². The molecule has 0 spiro atoms. The SMILES string of the molecule is CNC(=O)Cn1nnc(C(=O)O)c1-c1ccccc1F. The van der Waals surface area contributed by atoms with Gasteiger partial charge in [-0.25, -0.2) is 13.9 Å². The maximum Gasteiger partial charge on any atom is 0.358 e. The summed E-state index contributed by atoms with van der Waals surface area (Å²) in [5, 5.41) is 18.5. The molecule has 1 amide bonds. The number of rotatable bonds is 4. The Labute approximate surface area is 113 Å². The zero-order chi connectivity index (χ0) is 14.7. The van der Waals surface area contributed by atoms with Crippen LogP contribution in [0.1, 0.15) is 10.5 Å². The normalized spacial score (nSPS) is 10.3. The van der Waals surface area contributed by atoms with Crippen molar-refractivity contribution in [2.75, 3.05) is 7.05 Å². The van der Waals surface area contributed by atoms with E-state index in [1.54, 1.807) is 6.07 Å². The van der Waals surface area contributed by atoms with Crippen molar-refractivity contribution in [3.05, 3.63) is 35.8 Å². The van der Waals surface area contributed by atoms with Gasteiger partial charge in [0.25, 0.3) is 0 Å². The van der Waals surface area contributed by atoms with Crippen LogP contribution in [0, 0.1) is 5.82 Å². The minimum atomic E-state index is -1.34. The summed E-state index contributed by atoms with van der Waals surface area (Å²) in [6.07, 6.45) is 0. The number of nitrogens with zero attached hydrogens (tertiary/aromatic N) is 3. The molecule has 0 unspecified atom stereocenters. The first-order valence-corrected chi connectivity index (χ1v) is 5.67. The van der Waals surface area contributed by atoms with Crippen molar-refractivity contribution in [1.29, 1.82) is 0 Å². The van der Waals surface area contributed by atoms with Crippen LogP contribution in [0.4, 0.5) is 4.39 Å². The summed E-state index contributed by atoms with van der Waals surface area (Å²) in [6, 6.07) is 5.63. The van der Waals surface area contributed by atoms with Gasteiger partial charge in [-0.2, -0.15) is 0 Å². The van der Waals surface area contributed by atoms with Gasteiger partial charge in [-0.05, 0) is 12.1 Å². The van der Waals surface area contributed by atoms with Gasteiger partial charge >= 0.3 is 5.97 Å². The van der Waals surface area contributed by atoms with Crippen molar-refractivity contribution in [3.63, 3.8) is 0 Å². The lowest BCUT2D eigenvalue weighted by Crippen LogP contribution is -2.24. The Morgan fingerprint density at radius 1 is 1.40 bits per heavy atom. The van der Waals surface area contributed by atoms with Crippen LogP contribution >= 0.6 is 0 Å². The molecule has 0 aliphatic heterocycles. The molecule has 8 heteroatoms. The summed E-state index contributed by atoms with van der Waals surface area (Å²) >= 11 is 0. The second-order valence-electron chi connectivity index (χ2n) is 3.90. The molecule has 0 aliphatic carbocycles. The highest BCUT2D eigenvalue weighted by atomic mass is 19.1. The Hall–Kier alpha value is -2.77.